The summed E-state index contributed by atoms with van der Waals surface area (Å²) in [6, 6.07) is 7.32. The highest BCUT2D eigenvalue weighted by Crippen LogP contribution is 2.31. The summed E-state index contributed by atoms with van der Waals surface area (Å²) in [7, 11) is 1.59. The van der Waals surface area contributed by atoms with E-state index >= 15 is 0 Å². The van der Waals surface area contributed by atoms with Gasteiger partial charge in [-0.3, -0.25) is 9.59 Å². The third kappa shape index (κ3) is 3.12. The van der Waals surface area contributed by atoms with E-state index in [2.05, 4.69) is 10.6 Å². The minimum atomic E-state index is -0.427. The second-order valence-corrected chi connectivity index (χ2v) is 4.76. The van der Waals surface area contributed by atoms with Crippen molar-refractivity contribution in [3.63, 3.8) is 0 Å². The highest BCUT2D eigenvalue weighted by Gasteiger charge is 2.30. The summed E-state index contributed by atoms with van der Waals surface area (Å²) in [4.78, 5) is 23.9. The molecule has 0 aromatic heterocycles. The normalized spacial score (nSPS) is 19.3. The lowest BCUT2D eigenvalue weighted by Crippen LogP contribution is -2.41. The van der Waals surface area contributed by atoms with E-state index in [1.54, 1.807) is 7.11 Å². The van der Waals surface area contributed by atoms with Gasteiger partial charge in [-0.05, 0) is 18.6 Å². The summed E-state index contributed by atoms with van der Waals surface area (Å²) in [6.07, 6.45) is 0.183. The second kappa shape index (κ2) is 5.84. The molecule has 2 N–H and O–H groups in total. The summed E-state index contributed by atoms with van der Waals surface area (Å²) in [5.74, 6) is -0.686. The van der Waals surface area contributed by atoms with Crippen molar-refractivity contribution in [2.24, 2.45) is 0 Å². The molecule has 0 aliphatic carbocycles. The average Bonchev–Trinajstić information content (AvgIpc) is 2.37. The van der Waals surface area contributed by atoms with Crippen molar-refractivity contribution in [2.75, 3.05) is 19.0 Å². The molecule has 1 heterocycles. The fraction of sp³-hybridized carbons (Fsp3) is 0.429. The molecule has 0 bridgehead atoms. The largest absolute Gasteiger partial charge is 0.383 e. The van der Waals surface area contributed by atoms with Crippen LogP contribution in [-0.2, 0) is 14.3 Å². The number of carbonyl (C=O) groups is 2. The number of methoxy groups -OCH3 is 1. The first kappa shape index (κ1) is 13.5. The average molecular weight is 262 g/mol. The number of hydrogen-bond acceptors (Lipinski definition) is 3. The third-order valence-corrected chi connectivity index (χ3v) is 3.12. The molecule has 0 fully saturated rings. The van der Waals surface area contributed by atoms with Gasteiger partial charge in [-0.2, -0.15) is 0 Å². The number of anilines is 1. The monoisotopic (exact) mass is 262 g/mol. The van der Waals surface area contributed by atoms with E-state index in [1.165, 1.54) is 0 Å². The Hall–Kier alpha value is -1.88. The van der Waals surface area contributed by atoms with Gasteiger partial charge in [-0.15, -0.1) is 0 Å². The molecule has 1 aliphatic rings. The van der Waals surface area contributed by atoms with Crippen LogP contribution < -0.4 is 10.6 Å². The van der Waals surface area contributed by atoms with Crippen LogP contribution in [0, 0.1) is 0 Å². The van der Waals surface area contributed by atoms with Gasteiger partial charge in [0.05, 0.1) is 12.5 Å². The van der Waals surface area contributed by atoms with Crippen LogP contribution in [0.2, 0.25) is 0 Å². The number of fused-ring (bicyclic) bond motifs is 1. The minimum absolute atomic E-state index is 0.0744. The molecule has 1 aliphatic heterocycles. The predicted molar refractivity (Wildman–Crippen MR) is 71.9 cm³/mol. The molecule has 2 rings (SSSR count). The molecule has 2 atom stereocenters. The Morgan fingerprint density at radius 3 is 3.00 bits per heavy atom. The standard InChI is InChI=1S/C14H18N2O3/c1-9(8-19-2)15-14(18)11-7-13(17)16-12-6-4-3-5-10(11)12/h3-6,9,11H,7-8H2,1-2H3,(H,15,18)(H,16,17). The van der Waals surface area contributed by atoms with Crippen molar-refractivity contribution in [3.05, 3.63) is 29.8 Å². The summed E-state index contributed by atoms with van der Waals surface area (Å²) >= 11 is 0. The molecule has 0 saturated carbocycles. The molecule has 0 radical (unpaired) electrons. The van der Waals surface area contributed by atoms with Crippen LogP contribution in [0.4, 0.5) is 5.69 Å². The quantitative estimate of drug-likeness (QED) is 0.858. The van der Waals surface area contributed by atoms with Crippen molar-refractivity contribution < 1.29 is 14.3 Å². The van der Waals surface area contributed by atoms with Gasteiger partial charge < -0.3 is 15.4 Å². The zero-order chi connectivity index (χ0) is 13.8. The van der Waals surface area contributed by atoms with E-state index in [1.807, 2.05) is 31.2 Å². The number of para-hydroxylation sites is 1. The van der Waals surface area contributed by atoms with Gasteiger partial charge >= 0.3 is 0 Å². The fourth-order valence-corrected chi connectivity index (χ4v) is 2.28. The predicted octanol–water partition coefficient (Wildman–Crippen LogP) is 1.26. The van der Waals surface area contributed by atoms with E-state index in [4.69, 9.17) is 4.74 Å². The zero-order valence-electron chi connectivity index (χ0n) is 11.1. The smallest absolute Gasteiger partial charge is 0.228 e. The summed E-state index contributed by atoms with van der Waals surface area (Å²) in [5.41, 5.74) is 1.59. The van der Waals surface area contributed by atoms with Crippen molar-refractivity contribution in [1.82, 2.24) is 5.32 Å². The van der Waals surface area contributed by atoms with Crippen molar-refractivity contribution in [1.29, 1.82) is 0 Å². The molecule has 1 aromatic carbocycles. The molecule has 2 unspecified atom stereocenters. The van der Waals surface area contributed by atoms with E-state index < -0.39 is 5.92 Å². The number of ether oxygens (including phenoxy) is 1. The number of carbonyl (C=O) groups excluding carboxylic acids is 2. The van der Waals surface area contributed by atoms with Crippen LogP contribution in [0.25, 0.3) is 0 Å². The lowest BCUT2D eigenvalue weighted by Gasteiger charge is -2.26. The Labute approximate surface area is 112 Å². The SMILES string of the molecule is COCC(C)NC(=O)C1CC(=O)Nc2ccccc21. The van der Waals surface area contributed by atoms with E-state index in [-0.39, 0.29) is 24.3 Å². The van der Waals surface area contributed by atoms with Crippen LogP contribution in [0.15, 0.2) is 24.3 Å². The molecule has 1 aromatic rings. The van der Waals surface area contributed by atoms with Gasteiger partial charge in [-0.25, -0.2) is 0 Å². The van der Waals surface area contributed by atoms with Crippen LogP contribution in [0.3, 0.4) is 0 Å². The Kier molecular flexibility index (Phi) is 4.16. The first-order valence-electron chi connectivity index (χ1n) is 6.30. The third-order valence-electron chi connectivity index (χ3n) is 3.12. The molecule has 102 valence electrons. The first-order valence-corrected chi connectivity index (χ1v) is 6.30. The Morgan fingerprint density at radius 2 is 2.26 bits per heavy atom. The Morgan fingerprint density at radius 1 is 1.53 bits per heavy atom. The fourth-order valence-electron chi connectivity index (χ4n) is 2.28. The molecule has 19 heavy (non-hydrogen) atoms. The van der Waals surface area contributed by atoms with Gasteiger partial charge in [-0.1, -0.05) is 18.2 Å². The maximum Gasteiger partial charge on any atom is 0.228 e. The number of rotatable bonds is 4. The number of benzene rings is 1. The summed E-state index contributed by atoms with van der Waals surface area (Å²) < 4.78 is 4.99. The van der Waals surface area contributed by atoms with Crippen LogP contribution >= 0.6 is 0 Å². The first-order chi connectivity index (χ1) is 9.11. The maximum absolute atomic E-state index is 12.2. The van der Waals surface area contributed by atoms with Crippen molar-refractivity contribution in [2.45, 2.75) is 25.3 Å². The lowest BCUT2D eigenvalue weighted by molar-refractivity contribution is -0.127. The topological polar surface area (TPSA) is 67.4 Å². The summed E-state index contributed by atoms with van der Waals surface area (Å²) in [5, 5.41) is 5.65. The second-order valence-electron chi connectivity index (χ2n) is 4.76. The van der Waals surface area contributed by atoms with Gasteiger partial charge in [0, 0.05) is 25.3 Å². The van der Waals surface area contributed by atoms with Gasteiger partial charge in [0.1, 0.15) is 0 Å². The molecule has 0 saturated heterocycles. The number of amides is 2. The highest BCUT2D eigenvalue weighted by atomic mass is 16.5. The Bertz CT molecular complexity index is 487. The molecule has 2 amide bonds. The van der Waals surface area contributed by atoms with Crippen LogP contribution in [0.1, 0.15) is 24.8 Å². The molecule has 0 spiro atoms. The molecular formula is C14H18N2O3. The van der Waals surface area contributed by atoms with E-state index in [0.717, 1.165) is 11.3 Å². The number of hydrogen-bond donors (Lipinski definition) is 2. The van der Waals surface area contributed by atoms with Gasteiger partial charge in [0.25, 0.3) is 0 Å². The molecule has 5 heteroatoms. The molecule has 5 nitrogen and oxygen atoms in total. The minimum Gasteiger partial charge on any atom is -0.383 e. The zero-order valence-corrected chi connectivity index (χ0v) is 11.1. The van der Waals surface area contributed by atoms with Crippen molar-refractivity contribution >= 4 is 17.5 Å². The van der Waals surface area contributed by atoms with E-state index in [9.17, 15) is 9.59 Å². The van der Waals surface area contributed by atoms with Gasteiger partial charge in [0.15, 0.2) is 0 Å². The number of nitrogens with one attached hydrogen (secondary N) is 2. The van der Waals surface area contributed by atoms with Crippen LogP contribution in [0.5, 0.6) is 0 Å². The van der Waals surface area contributed by atoms with E-state index in [0.29, 0.717) is 6.61 Å². The maximum atomic E-state index is 12.2. The Balaban J connectivity index is 2.16. The summed E-state index contributed by atoms with van der Waals surface area (Å²) in [6.45, 7) is 2.32. The highest BCUT2D eigenvalue weighted by molar-refractivity contribution is 6.01. The van der Waals surface area contributed by atoms with Crippen LogP contribution in [-0.4, -0.2) is 31.6 Å². The molecular weight excluding hydrogens is 244 g/mol. The van der Waals surface area contributed by atoms with Crippen molar-refractivity contribution in [3.8, 4) is 0 Å². The lowest BCUT2D eigenvalue weighted by atomic mass is 9.89. The van der Waals surface area contributed by atoms with Gasteiger partial charge in [0.2, 0.25) is 11.8 Å².